The van der Waals surface area contributed by atoms with Gasteiger partial charge in [-0.3, -0.25) is 4.90 Å². The van der Waals surface area contributed by atoms with E-state index in [1.54, 1.807) is 0 Å². The van der Waals surface area contributed by atoms with Crippen molar-refractivity contribution in [1.82, 2.24) is 4.90 Å². The Morgan fingerprint density at radius 3 is 2.95 bits per heavy atom. The Morgan fingerprint density at radius 1 is 1.37 bits per heavy atom. The van der Waals surface area contributed by atoms with Crippen LogP contribution in [0.15, 0.2) is 24.3 Å². The van der Waals surface area contributed by atoms with Gasteiger partial charge in [0, 0.05) is 18.2 Å². The molecule has 1 aliphatic heterocycles. The van der Waals surface area contributed by atoms with E-state index in [1.165, 1.54) is 44.2 Å². The molecule has 1 unspecified atom stereocenters. The summed E-state index contributed by atoms with van der Waals surface area (Å²) < 4.78 is 0. The highest BCUT2D eigenvalue weighted by molar-refractivity contribution is 7.80. The summed E-state index contributed by atoms with van der Waals surface area (Å²) in [6, 6.07) is 9.10. The first-order chi connectivity index (χ1) is 9.20. The largest absolute Gasteiger partial charge is 0.389 e. The van der Waals surface area contributed by atoms with E-state index in [0.29, 0.717) is 4.99 Å². The van der Waals surface area contributed by atoms with Gasteiger partial charge in [-0.1, -0.05) is 50.2 Å². The summed E-state index contributed by atoms with van der Waals surface area (Å²) in [4.78, 5) is 3.12. The van der Waals surface area contributed by atoms with E-state index < -0.39 is 0 Å². The molecule has 0 spiro atoms. The summed E-state index contributed by atoms with van der Waals surface area (Å²) in [5.41, 5.74) is 8.02. The molecule has 0 aliphatic carbocycles. The van der Waals surface area contributed by atoms with Crippen LogP contribution in [0.2, 0.25) is 0 Å². The maximum Gasteiger partial charge on any atom is 0.103 e. The van der Waals surface area contributed by atoms with E-state index in [-0.39, 0.29) is 0 Å². The molecule has 0 aromatic heterocycles. The monoisotopic (exact) mass is 276 g/mol. The number of hydrogen-bond acceptors (Lipinski definition) is 2. The van der Waals surface area contributed by atoms with Crippen molar-refractivity contribution < 1.29 is 0 Å². The Bertz CT molecular complexity index is 431. The molecule has 1 saturated heterocycles. The Balaban J connectivity index is 2.09. The van der Waals surface area contributed by atoms with Gasteiger partial charge in [-0.25, -0.2) is 0 Å². The fourth-order valence-corrected chi connectivity index (χ4v) is 3.09. The average molecular weight is 276 g/mol. The van der Waals surface area contributed by atoms with Crippen LogP contribution in [-0.4, -0.2) is 22.5 Å². The van der Waals surface area contributed by atoms with Crippen LogP contribution in [0.1, 0.15) is 50.2 Å². The molecule has 2 rings (SSSR count). The van der Waals surface area contributed by atoms with Gasteiger partial charge in [0.2, 0.25) is 0 Å². The minimum Gasteiger partial charge on any atom is -0.389 e. The van der Waals surface area contributed by atoms with Crippen molar-refractivity contribution in [3.05, 3.63) is 35.4 Å². The molecule has 1 aromatic carbocycles. The van der Waals surface area contributed by atoms with E-state index in [0.717, 1.165) is 18.2 Å². The molecule has 1 heterocycles. The van der Waals surface area contributed by atoms with E-state index in [1.807, 2.05) is 6.07 Å². The van der Waals surface area contributed by atoms with Crippen molar-refractivity contribution in [3.8, 4) is 0 Å². The van der Waals surface area contributed by atoms with Crippen LogP contribution < -0.4 is 5.73 Å². The smallest absolute Gasteiger partial charge is 0.103 e. The average Bonchev–Trinajstić information content (AvgIpc) is 2.64. The van der Waals surface area contributed by atoms with E-state index in [4.69, 9.17) is 18.0 Å². The number of hydrogen-bond donors (Lipinski definition) is 1. The van der Waals surface area contributed by atoms with Gasteiger partial charge in [0.1, 0.15) is 4.99 Å². The van der Waals surface area contributed by atoms with Gasteiger partial charge in [-0.05, 0) is 37.4 Å². The van der Waals surface area contributed by atoms with Crippen molar-refractivity contribution in [2.45, 2.75) is 51.6 Å². The molecule has 0 amide bonds. The molecule has 2 nitrogen and oxygen atoms in total. The number of thiocarbonyl (C=S) groups is 1. The van der Waals surface area contributed by atoms with Crippen LogP contribution >= 0.6 is 12.2 Å². The molecule has 0 saturated carbocycles. The Labute approximate surface area is 122 Å². The second kappa shape index (κ2) is 7.01. The molecule has 19 heavy (non-hydrogen) atoms. The zero-order valence-electron chi connectivity index (χ0n) is 11.8. The fourth-order valence-electron chi connectivity index (χ4n) is 2.96. The quantitative estimate of drug-likeness (QED) is 0.854. The van der Waals surface area contributed by atoms with Gasteiger partial charge in [0.15, 0.2) is 0 Å². The van der Waals surface area contributed by atoms with E-state index >= 15 is 0 Å². The summed E-state index contributed by atoms with van der Waals surface area (Å²) in [5, 5.41) is 0. The second-order valence-electron chi connectivity index (χ2n) is 5.45. The first-order valence-electron chi connectivity index (χ1n) is 7.33. The molecule has 1 atom stereocenters. The highest BCUT2D eigenvalue weighted by Crippen LogP contribution is 2.21. The normalized spacial score (nSPS) is 21.0. The molecule has 2 N–H and O–H groups in total. The SMILES string of the molecule is CCC1CCCCCN1Cc1cccc(C(N)=S)c1. The van der Waals surface area contributed by atoms with Crippen molar-refractivity contribution in [2.24, 2.45) is 5.73 Å². The van der Waals surface area contributed by atoms with Crippen LogP contribution in [0, 0.1) is 0 Å². The zero-order valence-corrected chi connectivity index (χ0v) is 12.6. The molecule has 3 heteroatoms. The van der Waals surface area contributed by atoms with Crippen LogP contribution in [0.4, 0.5) is 0 Å². The van der Waals surface area contributed by atoms with Crippen molar-refractivity contribution in [2.75, 3.05) is 6.54 Å². The topological polar surface area (TPSA) is 29.3 Å². The summed E-state index contributed by atoms with van der Waals surface area (Å²) >= 11 is 5.06. The summed E-state index contributed by atoms with van der Waals surface area (Å²) in [7, 11) is 0. The first kappa shape index (κ1) is 14.5. The maximum atomic E-state index is 5.71. The van der Waals surface area contributed by atoms with Gasteiger partial charge in [0.25, 0.3) is 0 Å². The molecular weight excluding hydrogens is 252 g/mol. The molecule has 0 radical (unpaired) electrons. The molecule has 1 aliphatic rings. The van der Waals surface area contributed by atoms with Gasteiger partial charge in [0.05, 0.1) is 0 Å². The van der Waals surface area contributed by atoms with Gasteiger partial charge in [-0.15, -0.1) is 0 Å². The lowest BCUT2D eigenvalue weighted by atomic mass is 10.1. The third-order valence-corrected chi connectivity index (χ3v) is 4.30. The standard InChI is InChI=1S/C16H24N2S/c1-2-15-9-4-3-5-10-18(15)12-13-7-6-8-14(11-13)16(17)19/h6-8,11,15H,2-5,9-10,12H2,1H3,(H2,17,19). The first-order valence-corrected chi connectivity index (χ1v) is 7.74. The van der Waals surface area contributed by atoms with E-state index in [2.05, 4.69) is 30.0 Å². The number of nitrogens with zero attached hydrogens (tertiary/aromatic N) is 1. The summed E-state index contributed by atoms with van der Waals surface area (Å²) in [6.07, 6.45) is 6.66. The Morgan fingerprint density at radius 2 is 2.21 bits per heavy atom. The van der Waals surface area contributed by atoms with Crippen molar-refractivity contribution in [3.63, 3.8) is 0 Å². The predicted octanol–water partition coefficient (Wildman–Crippen LogP) is 3.48. The molecule has 1 aromatic rings. The molecule has 1 fully saturated rings. The highest BCUT2D eigenvalue weighted by Gasteiger charge is 2.19. The number of benzene rings is 1. The summed E-state index contributed by atoms with van der Waals surface area (Å²) in [5.74, 6) is 0. The molecule has 104 valence electrons. The number of likely N-dealkylation sites (tertiary alicyclic amines) is 1. The molecule has 0 bridgehead atoms. The van der Waals surface area contributed by atoms with Crippen molar-refractivity contribution in [1.29, 1.82) is 0 Å². The van der Waals surface area contributed by atoms with Crippen LogP contribution in [0.3, 0.4) is 0 Å². The Kier molecular flexibility index (Phi) is 5.34. The number of rotatable bonds is 4. The van der Waals surface area contributed by atoms with Gasteiger partial charge < -0.3 is 5.73 Å². The molecular formula is C16H24N2S. The lowest BCUT2D eigenvalue weighted by Gasteiger charge is -2.29. The van der Waals surface area contributed by atoms with Crippen LogP contribution in [0.25, 0.3) is 0 Å². The zero-order chi connectivity index (χ0) is 13.7. The van der Waals surface area contributed by atoms with Crippen LogP contribution in [-0.2, 0) is 6.54 Å². The predicted molar refractivity (Wildman–Crippen MR) is 85.3 cm³/mol. The van der Waals surface area contributed by atoms with Crippen molar-refractivity contribution >= 4 is 17.2 Å². The lowest BCUT2D eigenvalue weighted by molar-refractivity contribution is 0.186. The number of nitrogens with two attached hydrogens (primary N) is 1. The minimum atomic E-state index is 0.491. The third kappa shape index (κ3) is 4.02. The van der Waals surface area contributed by atoms with E-state index in [9.17, 15) is 0 Å². The Hall–Kier alpha value is -0.930. The highest BCUT2D eigenvalue weighted by atomic mass is 32.1. The minimum absolute atomic E-state index is 0.491. The lowest BCUT2D eigenvalue weighted by Crippen LogP contribution is -2.33. The maximum absolute atomic E-state index is 5.71. The van der Waals surface area contributed by atoms with Gasteiger partial charge in [-0.2, -0.15) is 0 Å². The fraction of sp³-hybridized carbons (Fsp3) is 0.562. The second-order valence-corrected chi connectivity index (χ2v) is 5.89. The van der Waals surface area contributed by atoms with Gasteiger partial charge >= 0.3 is 0 Å². The summed E-state index contributed by atoms with van der Waals surface area (Å²) in [6.45, 7) is 4.54. The third-order valence-electron chi connectivity index (χ3n) is 4.07. The van der Waals surface area contributed by atoms with Crippen LogP contribution in [0.5, 0.6) is 0 Å².